The fraction of sp³-hybridized carbons (Fsp3) is 0.200. The van der Waals surface area contributed by atoms with Crippen LogP contribution in [0.1, 0.15) is 16.2 Å². The molecule has 2 rings (SSSR count). The van der Waals surface area contributed by atoms with Gasteiger partial charge in [-0.2, -0.15) is 18.2 Å². The summed E-state index contributed by atoms with van der Waals surface area (Å²) in [5.74, 6) is -2.03. The Balaban J connectivity index is 0.000000597. The number of aliphatic hydroxyl groups excluding tert-OH is 1. The summed E-state index contributed by atoms with van der Waals surface area (Å²) in [7, 11) is 0. The third-order valence-electron chi connectivity index (χ3n) is 2.61. The van der Waals surface area contributed by atoms with Gasteiger partial charge in [0.1, 0.15) is 0 Å². The maximum absolute atomic E-state index is 12.3. The van der Waals surface area contributed by atoms with Crippen molar-refractivity contribution in [3.05, 3.63) is 47.3 Å². The number of aromatic nitrogens is 2. The molecular weight excluding hydrogens is 377 g/mol. The summed E-state index contributed by atoms with van der Waals surface area (Å²) in [6.45, 7) is 3.16. The molecule has 140 valence electrons. The lowest BCUT2D eigenvalue weighted by atomic mass is 10.1. The minimum Gasteiger partial charge on any atom is -0.391 e. The molecule has 0 aliphatic rings. The van der Waals surface area contributed by atoms with Crippen molar-refractivity contribution in [2.24, 2.45) is 0 Å². The molecule has 7 nitrogen and oxygen atoms in total. The van der Waals surface area contributed by atoms with E-state index < -0.39 is 18.0 Å². The van der Waals surface area contributed by atoms with Gasteiger partial charge in [-0.1, -0.05) is 35.5 Å². The molecular formula is C15H14ClF3N4O3. The van der Waals surface area contributed by atoms with Crippen LogP contribution in [0.15, 0.2) is 40.4 Å². The number of nitrogens with one attached hydrogen (secondary N) is 2. The first-order chi connectivity index (χ1) is 12.2. The Morgan fingerprint density at radius 3 is 2.38 bits per heavy atom. The molecule has 0 radical (unpaired) electrons. The lowest BCUT2D eigenvalue weighted by molar-refractivity contribution is -0.159. The summed E-state index contributed by atoms with van der Waals surface area (Å²) in [4.78, 5) is 14.8. The van der Waals surface area contributed by atoms with E-state index in [1.807, 2.05) is 0 Å². The van der Waals surface area contributed by atoms with Crippen molar-refractivity contribution in [1.82, 2.24) is 15.5 Å². The molecule has 0 saturated heterocycles. The number of nitrogens with zero attached hydrogens (tertiary/aromatic N) is 2. The van der Waals surface area contributed by atoms with Gasteiger partial charge in [0.25, 0.3) is 5.91 Å². The van der Waals surface area contributed by atoms with Crippen LogP contribution in [0, 0.1) is 5.41 Å². The molecule has 0 spiro atoms. The summed E-state index contributed by atoms with van der Waals surface area (Å²) < 4.78 is 41.1. The number of hydrogen-bond acceptors (Lipinski definition) is 6. The van der Waals surface area contributed by atoms with Crippen LogP contribution in [-0.4, -0.2) is 40.5 Å². The van der Waals surface area contributed by atoms with Gasteiger partial charge in [0, 0.05) is 22.4 Å². The van der Waals surface area contributed by atoms with Gasteiger partial charge < -0.3 is 20.4 Å². The van der Waals surface area contributed by atoms with E-state index in [1.165, 1.54) is 24.3 Å². The molecule has 0 bridgehead atoms. The van der Waals surface area contributed by atoms with E-state index in [-0.39, 0.29) is 29.6 Å². The monoisotopic (exact) mass is 390 g/mol. The van der Waals surface area contributed by atoms with Gasteiger partial charge in [-0.05, 0) is 12.1 Å². The zero-order chi connectivity index (χ0) is 19.7. The summed E-state index contributed by atoms with van der Waals surface area (Å²) in [5, 5.41) is 20.7. The molecule has 1 aromatic carbocycles. The third-order valence-corrected chi connectivity index (χ3v) is 2.73. The van der Waals surface area contributed by atoms with Crippen molar-refractivity contribution in [2.45, 2.75) is 6.18 Å². The zero-order valence-corrected chi connectivity index (χ0v) is 13.9. The highest BCUT2D eigenvalue weighted by atomic mass is 35.5. The van der Waals surface area contributed by atoms with Crippen molar-refractivity contribution in [3.8, 4) is 11.4 Å². The van der Waals surface area contributed by atoms with Gasteiger partial charge >= 0.3 is 12.1 Å². The second-order valence-corrected chi connectivity index (χ2v) is 5.12. The molecule has 1 aromatic heterocycles. The van der Waals surface area contributed by atoms with Crippen LogP contribution in [0.3, 0.4) is 0 Å². The normalized spacial score (nSPS) is 10.5. The third kappa shape index (κ3) is 6.65. The number of aliphatic hydroxyl groups is 1. The van der Waals surface area contributed by atoms with Gasteiger partial charge in [-0.25, -0.2) is 0 Å². The Hall–Kier alpha value is -2.72. The Bertz CT molecular complexity index is 760. The summed E-state index contributed by atoms with van der Waals surface area (Å²) >= 11 is 5.02. The predicted molar refractivity (Wildman–Crippen MR) is 87.9 cm³/mol. The molecule has 1 heterocycles. The first-order valence-electron chi connectivity index (χ1n) is 6.91. The standard InChI is InChI=1S/C12H9F3N4O2.C3H5ClO/c13-12(14,15)11-18-9(19-21-11)7-1-3-8(4-2-7)10(20)17-6-5-16;1-3(4)2-5/h1-5,16H,6H2,(H,17,20);5H,1-2H2. The Morgan fingerprint density at radius 1 is 1.38 bits per heavy atom. The second kappa shape index (κ2) is 9.68. The Morgan fingerprint density at radius 2 is 1.96 bits per heavy atom. The molecule has 3 N–H and O–H groups in total. The van der Waals surface area contributed by atoms with Gasteiger partial charge in [0.15, 0.2) is 0 Å². The van der Waals surface area contributed by atoms with E-state index in [0.717, 1.165) is 6.21 Å². The first kappa shape index (κ1) is 21.3. The highest BCUT2D eigenvalue weighted by Gasteiger charge is 2.38. The molecule has 11 heteroatoms. The number of halogens is 4. The molecule has 1 amide bonds. The first-order valence-corrected chi connectivity index (χ1v) is 7.29. The van der Waals surface area contributed by atoms with E-state index in [9.17, 15) is 18.0 Å². The molecule has 0 atom stereocenters. The van der Waals surface area contributed by atoms with Crippen molar-refractivity contribution < 1.29 is 27.6 Å². The van der Waals surface area contributed by atoms with Crippen molar-refractivity contribution in [2.75, 3.05) is 13.2 Å². The summed E-state index contributed by atoms with van der Waals surface area (Å²) in [6, 6.07) is 5.64. The number of hydrogen-bond donors (Lipinski definition) is 3. The second-order valence-electron chi connectivity index (χ2n) is 4.59. The van der Waals surface area contributed by atoms with Crippen LogP contribution >= 0.6 is 11.6 Å². The van der Waals surface area contributed by atoms with E-state index in [1.54, 1.807) is 0 Å². The van der Waals surface area contributed by atoms with Gasteiger partial charge in [0.2, 0.25) is 5.82 Å². The number of amides is 1. The van der Waals surface area contributed by atoms with Crippen LogP contribution in [0.5, 0.6) is 0 Å². The van der Waals surface area contributed by atoms with Crippen LogP contribution in [0.25, 0.3) is 11.4 Å². The van der Waals surface area contributed by atoms with E-state index in [2.05, 4.69) is 26.6 Å². The summed E-state index contributed by atoms with van der Waals surface area (Å²) in [5.41, 5.74) is 0.595. The van der Waals surface area contributed by atoms with E-state index >= 15 is 0 Å². The highest BCUT2D eigenvalue weighted by molar-refractivity contribution is 6.29. The Kier molecular flexibility index (Phi) is 7.94. The van der Waals surface area contributed by atoms with E-state index in [4.69, 9.17) is 22.1 Å². The number of benzene rings is 1. The highest BCUT2D eigenvalue weighted by Crippen LogP contribution is 2.29. The maximum atomic E-state index is 12.3. The molecule has 26 heavy (non-hydrogen) atoms. The fourth-order valence-corrected chi connectivity index (χ4v) is 1.47. The average molecular weight is 391 g/mol. The van der Waals surface area contributed by atoms with Crippen LogP contribution in [0.4, 0.5) is 13.2 Å². The summed E-state index contributed by atoms with van der Waals surface area (Å²) in [6.07, 6.45) is -3.66. The van der Waals surface area contributed by atoms with Crippen LogP contribution in [-0.2, 0) is 6.18 Å². The molecule has 0 fully saturated rings. The van der Waals surface area contributed by atoms with E-state index in [0.29, 0.717) is 5.56 Å². The Labute approximate surface area is 151 Å². The minimum atomic E-state index is -4.70. The smallest absolute Gasteiger partial charge is 0.391 e. The molecule has 2 aromatic rings. The number of carbonyl (C=O) groups excluding carboxylic acids is 1. The predicted octanol–water partition coefficient (Wildman–Crippen LogP) is 2.87. The molecule has 0 unspecified atom stereocenters. The zero-order valence-electron chi connectivity index (χ0n) is 13.2. The van der Waals surface area contributed by atoms with Crippen molar-refractivity contribution >= 4 is 23.7 Å². The number of carbonyl (C=O) groups is 1. The average Bonchev–Trinajstić information content (AvgIpc) is 3.10. The lowest BCUT2D eigenvalue weighted by Gasteiger charge is -2.02. The SMILES string of the molecule is C=C(Cl)CO.N=CCNC(=O)c1ccc(-c2noc(C(F)(F)F)n2)cc1. The molecule has 0 aliphatic carbocycles. The van der Waals surface area contributed by atoms with Crippen molar-refractivity contribution in [1.29, 1.82) is 5.41 Å². The molecule has 0 saturated carbocycles. The van der Waals surface area contributed by atoms with Gasteiger partial charge in [-0.3, -0.25) is 4.79 Å². The van der Waals surface area contributed by atoms with Crippen LogP contribution < -0.4 is 5.32 Å². The lowest BCUT2D eigenvalue weighted by Crippen LogP contribution is -2.24. The van der Waals surface area contributed by atoms with Gasteiger partial charge in [0.05, 0.1) is 13.2 Å². The fourth-order valence-electron chi connectivity index (χ4n) is 1.47. The number of alkyl halides is 3. The van der Waals surface area contributed by atoms with Gasteiger partial charge in [-0.15, -0.1) is 0 Å². The van der Waals surface area contributed by atoms with Crippen molar-refractivity contribution in [3.63, 3.8) is 0 Å². The quantitative estimate of drug-likeness (QED) is 0.679. The largest absolute Gasteiger partial charge is 0.471 e. The topological polar surface area (TPSA) is 112 Å². The molecule has 0 aliphatic heterocycles. The maximum Gasteiger partial charge on any atom is 0.471 e. The van der Waals surface area contributed by atoms with Crippen LogP contribution in [0.2, 0.25) is 0 Å². The number of rotatable bonds is 5. The minimum absolute atomic E-state index is 0.0976.